The third-order valence-electron chi connectivity index (χ3n) is 1.67. The zero-order valence-corrected chi connectivity index (χ0v) is 11.5. The van der Waals surface area contributed by atoms with E-state index >= 15 is 0 Å². The number of aliphatic hydroxyl groups is 1. The first-order chi connectivity index (χ1) is 7.48. The van der Waals surface area contributed by atoms with Crippen molar-refractivity contribution in [3.8, 4) is 0 Å². The molecule has 0 fully saturated rings. The quantitative estimate of drug-likeness (QED) is 0.495. The summed E-state index contributed by atoms with van der Waals surface area (Å²) in [6, 6.07) is 0. The van der Waals surface area contributed by atoms with Gasteiger partial charge in [0.2, 0.25) is 0 Å². The molecule has 0 spiro atoms. The highest BCUT2D eigenvalue weighted by Crippen LogP contribution is 2.00. The van der Waals surface area contributed by atoms with Gasteiger partial charge < -0.3 is 5.11 Å². The van der Waals surface area contributed by atoms with Crippen molar-refractivity contribution in [2.75, 3.05) is 31.2 Å². The van der Waals surface area contributed by atoms with Crippen LogP contribution in [0.1, 0.15) is 20.3 Å². The van der Waals surface area contributed by atoms with Gasteiger partial charge in [0.25, 0.3) is 10.2 Å². The Morgan fingerprint density at radius 3 is 2.50 bits per heavy atom. The Bertz CT molecular complexity index is 255. The molecule has 0 saturated carbocycles. The largest absolute Gasteiger partial charge is 0.396 e. The summed E-state index contributed by atoms with van der Waals surface area (Å²) in [6.07, 6.45) is 0.753. The molecule has 0 aliphatic carbocycles. The standard InChI is InChI=1S/C9H22N2O3S2/c1-9(2)8-11-16(13,14)10-4-7-15-6-3-5-12/h9-12H,3-8H2,1-2H3. The van der Waals surface area contributed by atoms with Crippen molar-refractivity contribution in [3.05, 3.63) is 0 Å². The van der Waals surface area contributed by atoms with Crippen LogP contribution in [0.2, 0.25) is 0 Å². The fraction of sp³-hybridized carbons (Fsp3) is 1.00. The van der Waals surface area contributed by atoms with Gasteiger partial charge in [-0.1, -0.05) is 13.8 Å². The average molecular weight is 270 g/mol. The lowest BCUT2D eigenvalue weighted by molar-refractivity contribution is 0.296. The highest BCUT2D eigenvalue weighted by Gasteiger charge is 2.08. The zero-order chi connectivity index (χ0) is 12.4. The number of hydrogen-bond acceptors (Lipinski definition) is 4. The molecule has 0 atom stereocenters. The molecule has 5 nitrogen and oxygen atoms in total. The van der Waals surface area contributed by atoms with E-state index in [0.717, 1.165) is 17.9 Å². The van der Waals surface area contributed by atoms with Gasteiger partial charge in [0.05, 0.1) is 0 Å². The highest BCUT2D eigenvalue weighted by molar-refractivity contribution is 7.99. The number of aliphatic hydroxyl groups excluding tert-OH is 1. The monoisotopic (exact) mass is 270 g/mol. The summed E-state index contributed by atoms with van der Waals surface area (Å²) < 4.78 is 27.6. The van der Waals surface area contributed by atoms with E-state index in [-0.39, 0.29) is 6.61 Å². The van der Waals surface area contributed by atoms with Crippen molar-refractivity contribution >= 4 is 22.0 Å². The van der Waals surface area contributed by atoms with Crippen LogP contribution in [-0.4, -0.2) is 44.7 Å². The molecule has 0 unspecified atom stereocenters. The van der Waals surface area contributed by atoms with Crippen LogP contribution in [0, 0.1) is 5.92 Å². The molecule has 0 saturated heterocycles. The molecule has 0 aromatic heterocycles. The third-order valence-corrected chi connectivity index (χ3v) is 3.87. The molecule has 16 heavy (non-hydrogen) atoms. The van der Waals surface area contributed by atoms with Gasteiger partial charge in [-0.25, -0.2) is 9.44 Å². The molecular weight excluding hydrogens is 248 g/mol. The summed E-state index contributed by atoms with van der Waals surface area (Å²) in [7, 11) is -3.33. The van der Waals surface area contributed by atoms with Crippen LogP contribution < -0.4 is 9.44 Å². The molecule has 0 aliphatic rings. The first-order valence-electron chi connectivity index (χ1n) is 5.41. The molecule has 0 radical (unpaired) electrons. The van der Waals surface area contributed by atoms with Gasteiger partial charge in [-0.05, 0) is 18.1 Å². The Morgan fingerprint density at radius 1 is 1.25 bits per heavy atom. The van der Waals surface area contributed by atoms with E-state index in [1.165, 1.54) is 0 Å². The Morgan fingerprint density at radius 2 is 1.94 bits per heavy atom. The van der Waals surface area contributed by atoms with Gasteiger partial charge in [0.15, 0.2) is 0 Å². The molecule has 0 amide bonds. The van der Waals surface area contributed by atoms with Crippen molar-refractivity contribution in [1.29, 1.82) is 0 Å². The Kier molecular flexibility index (Phi) is 9.34. The second-order valence-corrected chi connectivity index (χ2v) is 6.64. The average Bonchev–Trinajstić information content (AvgIpc) is 2.21. The molecule has 0 heterocycles. The maximum absolute atomic E-state index is 11.4. The lowest BCUT2D eigenvalue weighted by atomic mass is 10.2. The van der Waals surface area contributed by atoms with E-state index in [2.05, 4.69) is 9.44 Å². The number of hydrogen-bond donors (Lipinski definition) is 3. The van der Waals surface area contributed by atoms with Gasteiger partial charge in [0.1, 0.15) is 0 Å². The van der Waals surface area contributed by atoms with E-state index in [9.17, 15) is 8.42 Å². The van der Waals surface area contributed by atoms with Crippen LogP contribution >= 0.6 is 11.8 Å². The van der Waals surface area contributed by atoms with Crippen molar-refractivity contribution in [3.63, 3.8) is 0 Å². The summed E-state index contributed by atoms with van der Waals surface area (Å²) in [5.41, 5.74) is 0. The summed E-state index contributed by atoms with van der Waals surface area (Å²) >= 11 is 1.63. The van der Waals surface area contributed by atoms with Crippen molar-refractivity contribution < 1.29 is 13.5 Å². The Hall–Kier alpha value is 0.180. The maximum atomic E-state index is 11.4. The number of thioether (sulfide) groups is 1. The predicted molar refractivity (Wildman–Crippen MR) is 68.8 cm³/mol. The fourth-order valence-corrected chi connectivity index (χ4v) is 2.78. The lowest BCUT2D eigenvalue weighted by Gasteiger charge is -2.09. The van der Waals surface area contributed by atoms with Crippen molar-refractivity contribution in [2.24, 2.45) is 5.92 Å². The van der Waals surface area contributed by atoms with E-state index in [0.29, 0.717) is 19.0 Å². The van der Waals surface area contributed by atoms with Gasteiger partial charge in [0, 0.05) is 25.4 Å². The van der Waals surface area contributed by atoms with Crippen LogP contribution in [0.4, 0.5) is 0 Å². The molecule has 98 valence electrons. The van der Waals surface area contributed by atoms with Crippen LogP contribution in [-0.2, 0) is 10.2 Å². The maximum Gasteiger partial charge on any atom is 0.276 e. The number of nitrogens with one attached hydrogen (secondary N) is 2. The van der Waals surface area contributed by atoms with Crippen LogP contribution in [0.3, 0.4) is 0 Å². The molecule has 0 bridgehead atoms. The molecule has 7 heteroatoms. The molecule has 3 N–H and O–H groups in total. The van der Waals surface area contributed by atoms with Crippen LogP contribution in [0.15, 0.2) is 0 Å². The molecular formula is C9H22N2O3S2. The van der Waals surface area contributed by atoms with Crippen molar-refractivity contribution in [1.82, 2.24) is 9.44 Å². The zero-order valence-electron chi connectivity index (χ0n) is 9.90. The first kappa shape index (κ1) is 16.2. The highest BCUT2D eigenvalue weighted by atomic mass is 32.2. The lowest BCUT2D eigenvalue weighted by Crippen LogP contribution is -2.39. The summed E-state index contributed by atoms with van der Waals surface area (Å²) in [6.45, 7) is 4.96. The smallest absolute Gasteiger partial charge is 0.276 e. The van der Waals surface area contributed by atoms with Crippen LogP contribution in [0.5, 0.6) is 0 Å². The Labute approximate surface area is 103 Å². The van der Waals surface area contributed by atoms with Crippen molar-refractivity contribution in [2.45, 2.75) is 20.3 Å². The van der Waals surface area contributed by atoms with Gasteiger partial charge >= 0.3 is 0 Å². The van der Waals surface area contributed by atoms with E-state index in [1.807, 2.05) is 13.8 Å². The van der Waals surface area contributed by atoms with E-state index in [4.69, 9.17) is 5.11 Å². The SMILES string of the molecule is CC(C)CNS(=O)(=O)NCCSCCCO. The summed E-state index contributed by atoms with van der Waals surface area (Å²) in [4.78, 5) is 0. The third kappa shape index (κ3) is 10.7. The number of rotatable bonds is 10. The minimum absolute atomic E-state index is 0.189. The van der Waals surface area contributed by atoms with Gasteiger partial charge in [-0.15, -0.1) is 0 Å². The molecule has 0 rings (SSSR count). The van der Waals surface area contributed by atoms with Gasteiger partial charge in [-0.2, -0.15) is 20.2 Å². The second kappa shape index (κ2) is 9.23. The molecule has 0 aromatic rings. The summed E-state index contributed by atoms with van der Waals surface area (Å²) in [5.74, 6) is 1.88. The predicted octanol–water partition coefficient (Wildman–Crippen LogP) is 0.182. The topological polar surface area (TPSA) is 78.4 Å². The minimum atomic E-state index is -3.33. The fourth-order valence-electron chi connectivity index (χ4n) is 0.844. The van der Waals surface area contributed by atoms with Gasteiger partial charge in [-0.3, -0.25) is 0 Å². The molecule has 0 aliphatic heterocycles. The minimum Gasteiger partial charge on any atom is -0.396 e. The Balaban J connectivity index is 3.51. The second-order valence-electron chi connectivity index (χ2n) is 3.83. The summed E-state index contributed by atoms with van der Waals surface area (Å²) in [5, 5.41) is 8.54. The van der Waals surface area contributed by atoms with E-state index < -0.39 is 10.2 Å². The first-order valence-corrected chi connectivity index (χ1v) is 8.04. The van der Waals surface area contributed by atoms with Crippen LogP contribution in [0.25, 0.3) is 0 Å². The molecule has 0 aromatic carbocycles. The normalized spacial score (nSPS) is 12.2. The van der Waals surface area contributed by atoms with E-state index in [1.54, 1.807) is 11.8 Å².